The van der Waals surface area contributed by atoms with Gasteiger partial charge in [-0.05, 0) is 52.2 Å². The summed E-state index contributed by atoms with van der Waals surface area (Å²) in [5, 5.41) is 11.4. The van der Waals surface area contributed by atoms with E-state index in [1.807, 2.05) is 26.8 Å². The molecule has 8 atom stereocenters. The van der Waals surface area contributed by atoms with Crippen molar-refractivity contribution in [3.8, 4) is 0 Å². The van der Waals surface area contributed by atoms with Crippen molar-refractivity contribution in [3.05, 3.63) is 12.2 Å². The van der Waals surface area contributed by atoms with Crippen LogP contribution in [-0.2, 0) is 28.4 Å². The fourth-order valence-corrected chi connectivity index (χ4v) is 7.66. The fraction of sp³-hybridized carbons (Fsp3) is 0.923. The van der Waals surface area contributed by atoms with Crippen LogP contribution in [0.1, 0.15) is 60.8 Å². The molecule has 0 aromatic carbocycles. The Labute approximate surface area is 198 Å². The minimum Gasteiger partial charge on any atom is -0.390 e. The van der Waals surface area contributed by atoms with Gasteiger partial charge in [0, 0.05) is 29.8 Å². The molecule has 2 bridgehead atoms. The number of rotatable bonds is 3. The van der Waals surface area contributed by atoms with E-state index >= 15 is 0 Å². The summed E-state index contributed by atoms with van der Waals surface area (Å²) in [6.07, 6.45) is 5.58. The van der Waals surface area contributed by atoms with Crippen LogP contribution in [0.3, 0.4) is 0 Å². The third kappa shape index (κ3) is 3.57. The first-order chi connectivity index (χ1) is 15.4. The summed E-state index contributed by atoms with van der Waals surface area (Å²) in [4.78, 5) is 0. The highest BCUT2D eigenvalue weighted by molar-refractivity contribution is 5.25. The highest BCUT2D eigenvalue weighted by Crippen LogP contribution is 2.64. The molecule has 5 fully saturated rings. The molecule has 0 spiro atoms. The second-order valence-corrected chi connectivity index (χ2v) is 12.3. The van der Waals surface area contributed by atoms with Crippen molar-refractivity contribution in [1.29, 1.82) is 0 Å². The first-order valence-corrected chi connectivity index (χ1v) is 12.6. The molecule has 0 amide bonds. The number of hydrogen-bond acceptors (Lipinski definition) is 7. The van der Waals surface area contributed by atoms with Crippen LogP contribution in [-0.4, -0.2) is 73.6 Å². The second-order valence-electron chi connectivity index (χ2n) is 12.3. The Hall–Kier alpha value is -0.540. The van der Waals surface area contributed by atoms with Crippen LogP contribution in [0, 0.1) is 22.7 Å². The molecule has 1 saturated carbocycles. The molecule has 1 aliphatic carbocycles. The molecule has 7 heteroatoms. The molecule has 188 valence electrons. The Morgan fingerprint density at radius 1 is 0.939 bits per heavy atom. The average Bonchev–Trinajstić information content (AvgIpc) is 3.27. The molecular formula is C26H42O7. The van der Waals surface area contributed by atoms with Crippen molar-refractivity contribution in [2.45, 2.75) is 102 Å². The number of aliphatic hydroxyl groups is 1. The molecule has 4 saturated heterocycles. The van der Waals surface area contributed by atoms with Gasteiger partial charge in [0.2, 0.25) is 0 Å². The van der Waals surface area contributed by atoms with Crippen molar-refractivity contribution in [1.82, 2.24) is 0 Å². The van der Waals surface area contributed by atoms with Crippen molar-refractivity contribution in [2.24, 2.45) is 22.7 Å². The Morgan fingerprint density at radius 2 is 1.64 bits per heavy atom. The zero-order valence-electron chi connectivity index (χ0n) is 21.3. The summed E-state index contributed by atoms with van der Waals surface area (Å²) in [6.45, 7) is 14.3. The van der Waals surface area contributed by atoms with Gasteiger partial charge in [-0.25, -0.2) is 0 Å². The first kappa shape index (κ1) is 24.2. The summed E-state index contributed by atoms with van der Waals surface area (Å²) in [6, 6.07) is 0. The van der Waals surface area contributed by atoms with Gasteiger partial charge in [0.05, 0.1) is 44.2 Å². The van der Waals surface area contributed by atoms with E-state index in [9.17, 15) is 5.11 Å². The summed E-state index contributed by atoms with van der Waals surface area (Å²) in [7, 11) is 1.76. The number of methoxy groups -OCH3 is 1. The van der Waals surface area contributed by atoms with E-state index in [0.29, 0.717) is 26.2 Å². The van der Waals surface area contributed by atoms with E-state index < -0.39 is 28.7 Å². The van der Waals surface area contributed by atoms with Gasteiger partial charge < -0.3 is 33.5 Å². The van der Waals surface area contributed by atoms with Gasteiger partial charge in [-0.1, -0.05) is 20.8 Å². The van der Waals surface area contributed by atoms with E-state index in [2.05, 4.69) is 26.8 Å². The minimum absolute atomic E-state index is 0.105. The van der Waals surface area contributed by atoms with Crippen LogP contribution in [0.25, 0.3) is 0 Å². The third-order valence-electron chi connectivity index (χ3n) is 9.38. The monoisotopic (exact) mass is 466 g/mol. The van der Waals surface area contributed by atoms with Gasteiger partial charge >= 0.3 is 0 Å². The second kappa shape index (κ2) is 7.73. The zero-order valence-corrected chi connectivity index (χ0v) is 21.3. The highest BCUT2D eigenvalue weighted by atomic mass is 16.7. The largest absolute Gasteiger partial charge is 0.390 e. The molecular weight excluding hydrogens is 424 g/mol. The molecule has 7 nitrogen and oxygen atoms in total. The zero-order chi connectivity index (χ0) is 23.9. The topological polar surface area (TPSA) is 75.6 Å². The van der Waals surface area contributed by atoms with E-state index in [0.717, 1.165) is 12.8 Å². The smallest absolute Gasteiger partial charge is 0.185 e. The van der Waals surface area contributed by atoms with E-state index in [1.165, 1.54) is 0 Å². The van der Waals surface area contributed by atoms with Gasteiger partial charge in [-0.3, -0.25) is 0 Å². The molecule has 1 N–H and O–H groups in total. The molecule has 4 heterocycles. The molecule has 0 aromatic heterocycles. The number of ether oxygens (including phenoxy) is 6. The lowest BCUT2D eigenvalue weighted by atomic mass is 9.52. The van der Waals surface area contributed by atoms with Crippen molar-refractivity contribution >= 4 is 0 Å². The summed E-state index contributed by atoms with van der Waals surface area (Å²) in [5.74, 6) is -1.08. The molecule has 5 rings (SSSR count). The quantitative estimate of drug-likeness (QED) is 0.639. The molecule has 33 heavy (non-hydrogen) atoms. The van der Waals surface area contributed by atoms with E-state index in [1.54, 1.807) is 7.11 Å². The maximum absolute atomic E-state index is 11.4. The standard InChI is InChI=1S/C26H42O7/c1-22(2)14-17(27)20-24(5)9-8-18-16(15-31-23(3,4)33-18)19(24)21(32-20)26(22,28-7)11-10-25(6)29-12-13-30-25/h10-11,16-21,27H,8-9,12-15H2,1-7H3/b11-10+/t16-,17-,18+,19-,20+,21+,24-,26-/m1/s1. The van der Waals surface area contributed by atoms with E-state index in [-0.39, 0.29) is 35.6 Å². The van der Waals surface area contributed by atoms with Crippen LogP contribution in [0.2, 0.25) is 0 Å². The van der Waals surface area contributed by atoms with E-state index in [4.69, 9.17) is 28.4 Å². The third-order valence-corrected chi connectivity index (χ3v) is 9.38. The molecule has 0 radical (unpaired) electrons. The number of aliphatic hydroxyl groups excluding tert-OH is 1. The van der Waals surface area contributed by atoms with Gasteiger partial charge in [-0.2, -0.15) is 0 Å². The Bertz CT molecular complexity index is 788. The SMILES string of the molecule is CO[C@]1(/C=C/C2(C)OCCO2)[C@H]2O[C@@H]([C@H](O)CC1(C)C)[C@]1(C)CC[C@@H]3OC(C)(C)OC[C@H]3[C@H]21. The predicted molar refractivity (Wildman–Crippen MR) is 121 cm³/mol. The molecule has 0 aromatic rings. The average molecular weight is 467 g/mol. The minimum atomic E-state index is -0.788. The summed E-state index contributed by atoms with van der Waals surface area (Å²) in [5.41, 5.74) is -1.36. The maximum Gasteiger partial charge on any atom is 0.185 e. The van der Waals surface area contributed by atoms with Gasteiger partial charge in [-0.15, -0.1) is 0 Å². The summed E-state index contributed by atoms with van der Waals surface area (Å²) >= 11 is 0. The number of fused-ring (bicyclic) bond motifs is 7. The molecule has 5 aliphatic rings. The molecule has 0 unspecified atom stereocenters. The van der Waals surface area contributed by atoms with Crippen molar-refractivity contribution in [2.75, 3.05) is 26.9 Å². The normalized spacial score (nSPS) is 50.1. The van der Waals surface area contributed by atoms with Crippen LogP contribution in [0.5, 0.6) is 0 Å². The van der Waals surface area contributed by atoms with Crippen LogP contribution in [0.4, 0.5) is 0 Å². The lowest BCUT2D eigenvalue weighted by Gasteiger charge is -2.57. The Balaban J connectivity index is 1.60. The maximum atomic E-state index is 11.4. The predicted octanol–water partition coefficient (Wildman–Crippen LogP) is 3.43. The first-order valence-electron chi connectivity index (χ1n) is 12.6. The summed E-state index contributed by atoms with van der Waals surface area (Å²) < 4.78 is 37.6. The van der Waals surface area contributed by atoms with Crippen LogP contribution in [0.15, 0.2) is 12.2 Å². The van der Waals surface area contributed by atoms with Crippen LogP contribution >= 0.6 is 0 Å². The Kier molecular flexibility index (Phi) is 5.66. The lowest BCUT2D eigenvalue weighted by molar-refractivity contribution is -0.316. The number of hydrogen-bond donors (Lipinski definition) is 1. The van der Waals surface area contributed by atoms with Gasteiger partial charge in [0.25, 0.3) is 0 Å². The Morgan fingerprint density at radius 3 is 2.30 bits per heavy atom. The van der Waals surface area contributed by atoms with Crippen LogP contribution < -0.4 is 0 Å². The fourth-order valence-electron chi connectivity index (χ4n) is 7.66. The van der Waals surface area contributed by atoms with Gasteiger partial charge in [0.15, 0.2) is 11.6 Å². The molecule has 4 aliphatic heterocycles. The lowest BCUT2D eigenvalue weighted by Crippen LogP contribution is -2.64. The van der Waals surface area contributed by atoms with Crippen molar-refractivity contribution in [3.63, 3.8) is 0 Å². The van der Waals surface area contributed by atoms with Crippen molar-refractivity contribution < 1.29 is 33.5 Å². The highest BCUT2D eigenvalue weighted by Gasteiger charge is 2.71. The van der Waals surface area contributed by atoms with Gasteiger partial charge in [0.1, 0.15) is 5.60 Å².